The Balaban J connectivity index is 1.73. The van der Waals surface area contributed by atoms with Gasteiger partial charge in [0, 0.05) is 31.9 Å². The molecule has 2 aromatic heterocycles. The van der Waals surface area contributed by atoms with Gasteiger partial charge in [0.15, 0.2) is 5.76 Å². The molecule has 1 fully saturated rings. The number of piperazine rings is 1. The van der Waals surface area contributed by atoms with Crippen LogP contribution in [0.4, 0.5) is 0 Å². The van der Waals surface area contributed by atoms with Gasteiger partial charge in [0.05, 0.1) is 11.8 Å². The summed E-state index contributed by atoms with van der Waals surface area (Å²) in [5.74, 6) is 0.135. The fraction of sp³-hybridized carbons (Fsp3) is 0.500. The number of hydrogen-bond acceptors (Lipinski definition) is 6. The van der Waals surface area contributed by atoms with Crippen molar-refractivity contribution in [2.45, 2.75) is 25.7 Å². The van der Waals surface area contributed by atoms with E-state index in [1.165, 1.54) is 10.5 Å². The topological polar surface area (TPSA) is 112 Å². The van der Waals surface area contributed by atoms with Crippen molar-refractivity contribution in [1.29, 1.82) is 0 Å². The molecule has 3 heterocycles. The molecule has 24 heavy (non-hydrogen) atoms. The number of aryl methyl sites for hydroxylation is 3. The third-order valence-electron chi connectivity index (χ3n) is 4.15. The standard InChI is InChI=1S/C14H19N5O4S/c1-9-12(8-15-16-9)14(20)18-4-6-19(7-5-18)24(21,22)13-10(2)17-23-11(13)3/h8H,4-7H2,1-3H3,(H,15,16). The van der Waals surface area contributed by atoms with Gasteiger partial charge >= 0.3 is 0 Å². The van der Waals surface area contributed by atoms with Crippen molar-refractivity contribution in [3.05, 3.63) is 28.9 Å². The Kier molecular flexibility index (Phi) is 4.18. The average molecular weight is 353 g/mol. The maximum Gasteiger partial charge on any atom is 0.257 e. The predicted molar refractivity (Wildman–Crippen MR) is 84.0 cm³/mol. The lowest BCUT2D eigenvalue weighted by Gasteiger charge is -2.33. The molecule has 0 atom stereocenters. The largest absolute Gasteiger partial charge is 0.360 e. The van der Waals surface area contributed by atoms with E-state index in [0.717, 1.165) is 0 Å². The first-order valence-electron chi connectivity index (χ1n) is 7.54. The molecule has 0 bridgehead atoms. The fourth-order valence-corrected chi connectivity index (χ4v) is 4.55. The lowest BCUT2D eigenvalue weighted by molar-refractivity contribution is 0.0697. The van der Waals surface area contributed by atoms with Crippen LogP contribution in [0.1, 0.15) is 27.5 Å². The van der Waals surface area contributed by atoms with Crippen molar-refractivity contribution >= 4 is 15.9 Å². The van der Waals surface area contributed by atoms with Gasteiger partial charge in [0.1, 0.15) is 10.6 Å². The van der Waals surface area contributed by atoms with Crippen molar-refractivity contribution in [3.8, 4) is 0 Å². The molecule has 0 saturated carbocycles. The van der Waals surface area contributed by atoms with E-state index in [1.807, 2.05) is 0 Å². The van der Waals surface area contributed by atoms with Gasteiger partial charge in [0.25, 0.3) is 5.91 Å². The molecule has 9 nitrogen and oxygen atoms in total. The molecule has 0 radical (unpaired) electrons. The molecule has 1 amide bonds. The van der Waals surface area contributed by atoms with Crippen LogP contribution in [-0.2, 0) is 10.0 Å². The summed E-state index contributed by atoms with van der Waals surface area (Å²) in [7, 11) is -3.67. The molecular formula is C14H19N5O4S. The van der Waals surface area contributed by atoms with Gasteiger partial charge in [-0.25, -0.2) is 8.42 Å². The Bertz CT molecular complexity index is 842. The Labute approximate surface area is 139 Å². The number of hydrogen-bond donors (Lipinski definition) is 1. The monoisotopic (exact) mass is 353 g/mol. The summed E-state index contributed by atoms with van der Waals surface area (Å²) in [5.41, 5.74) is 1.56. The summed E-state index contributed by atoms with van der Waals surface area (Å²) >= 11 is 0. The minimum Gasteiger partial charge on any atom is -0.360 e. The molecule has 10 heteroatoms. The molecule has 2 aromatic rings. The number of H-pyrrole nitrogens is 1. The van der Waals surface area contributed by atoms with Crippen LogP contribution in [0.25, 0.3) is 0 Å². The van der Waals surface area contributed by atoms with Gasteiger partial charge < -0.3 is 9.42 Å². The summed E-state index contributed by atoms with van der Waals surface area (Å²) in [6.07, 6.45) is 1.49. The summed E-state index contributed by atoms with van der Waals surface area (Å²) in [6, 6.07) is 0. The van der Waals surface area contributed by atoms with Gasteiger partial charge in [-0.1, -0.05) is 5.16 Å². The van der Waals surface area contributed by atoms with Crippen LogP contribution in [0.2, 0.25) is 0 Å². The Morgan fingerprint density at radius 2 is 1.88 bits per heavy atom. The summed E-state index contributed by atoms with van der Waals surface area (Å²) < 4.78 is 31.8. The minimum atomic E-state index is -3.67. The molecule has 1 aliphatic heterocycles. The van der Waals surface area contributed by atoms with Gasteiger partial charge in [-0.3, -0.25) is 9.89 Å². The lowest BCUT2D eigenvalue weighted by Crippen LogP contribution is -2.50. The van der Waals surface area contributed by atoms with Crippen molar-refractivity contribution in [1.82, 2.24) is 24.6 Å². The molecule has 1 N–H and O–H groups in total. The average Bonchev–Trinajstić information content (AvgIpc) is 3.12. The van der Waals surface area contributed by atoms with E-state index < -0.39 is 10.0 Å². The Hall–Kier alpha value is -2.20. The van der Waals surface area contributed by atoms with Crippen LogP contribution in [0.3, 0.4) is 0 Å². The maximum atomic E-state index is 12.8. The van der Waals surface area contributed by atoms with Crippen LogP contribution in [0.5, 0.6) is 0 Å². The highest BCUT2D eigenvalue weighted by Crippen LogP contribution is 2.24. The second-order valence-corrected chi connectivity index (χ2v) is 7.63. The number of rotatable bonds is 3. The summed E-state index contributed by atoms with van der Waals surface area (Å²) in [6.45, 7) is 6.07. The SMILES string of the molecule is Cc1noc(C)c1S(=O)(=O)N1CCN(C(=O)c2cn[nH]c2C)CC1. The number of amides is 1. The van der Waals surface area contributed by atoms with Crippen LogP contribution >= 0.6 is 0 Å². The Morgan fingerprint density at radius 3 is 2.38 bits per heavy atom. The van der Waals surface area contributed by atoms with E-state index in [0.29, 0.717) is 30.0 Å². The number of aromatic amines is 1. The number of sulfonamides is 1. The van der Waals surface area contributed by atoms with Crippen LogP contribution in [0.15, 0.2) is 15.6 Å². The fourth-order valence-electron chi connectivity index (χ4n) is 2.84. The quantitative estimate of drug-likeness (QED) is 0.858. The number of carbonyl (C=O) groups is 1. The molecule has 1 saturated heterocycles. The van der Waals surface area contributed by atoms with Crippen LogP contribution < -0.4 is 0 Å². The van der Waals surface area contributed by atoms with Crippen molar-refractivity contribution < 1.29 is 17.7 Å². The number of nitrogens with zero attached hydrogens (tertiary/aromatic N) is 4. The molecule has 0 aromatic carbocycles. The van der Waals surface area contributed by atoms with E-state index in [9.17, 15) is 13.2 Å². The van der Waals surface area contributed by atoms with E-state index in [2.05, 4.69) is 15.4 Å². The predicted octanol–water partition coefficient (Wildman–Crippen LogP) is 0.470. The first-order valence-corrected chi connectivity index (χ1v) is 8.98. The highest BCUT2D eigenvalue weighted by Gasteiger charge is 2.34. The highest BCUT2D eigenvalue weighted by atomic mass is 32.2. The van der Waals surface area contributed by atoms with E-state index >= 15 is 0 Å². The normalized spacial score (nSPS) is 16.5. The second-order valence-electron chi connectivity index (χ2n) is 5.76. The number of carbonyl (C=O) groups excluding carboxylic acids is 1. The molecule has 0 unspecified atom stereocenters. The zero-order valence-electron chi connectivity index (χ0n) is 13.7. The first kappa shape index (κ1) is 16.7. The zero-order valence-corrected chi connectivity index (χ0v) is 14.6. The molecule has 0 spiro atoms. The molecule has 130 valence electrons. The van der Waals surface area contributed by atoms with E-state index in [-0.39, 0.29) is 29.7 Å². The van der Waals surface area contributed by atoms with Gasteiger partial charge in [-0.2, -0.15) is 9.40 Å². The zero-order chi connectivity index (χ0) is 17.5. The molecule has 0 aliphatic carbocycles. The smallest absolute Gasteiger partial charge is 0.257 e. The second kappa shape index (κ2) is 6.02. The van der Waals surface area contributed by atoms with E-state index in [4.69, 9.17) is 4.52 Å². The lowest BCUT2D eigenvalue weighted by atomic mass is 10.2. The minimum absolute atomic E-state index is 0.118. The van der Waals surface area contributed by atoms with Crippen molar-refractivity contribution in [3.63, 3.8) is 0 Å². The third-order valence-corrected chi connectivity index (χ3v) is 6.30. The molecule has 1 aliphatic rings. The molecule has 3 rings (SSSR count). The highest BCUT2D eigenvalue weighted by molar-refractivity contribution is 7.89. The van der Waals surface area contributed by atoms with E-state index in [1.54, 1.807) is 25.7 Å². The summed E-state index contributed by atoms with van der Waals surface area (Å²) in [5, 5.41) is 10.3. The number of nitrogens with one attached hydrogen (secondary N) is 1. The first-order chi connectivity index (χ1) is 11.3. The number of aromatic nitrogens is 3. The summed E-state index contributed by atoms with van der Waals surface area (Å²) in [4.78, 5) is 14.2. The van der Waals surface area contributed by atoms with Crippen molar-refractivity contribution in [2.24, 2.45) is 0 Å². The van der Waals surface area contributed by atoms with Crippen molar-refractivity contribution in [2.75, 3.05) is 26.2 Å². The van der Waals surface area contributed by atoms with Crippen LogP contribution in [0, 0.1) is 20.8 Å². The van der Waals surface area contributed by atoms with Gasteiger partial charge in [0.2, 0.25) is 10.0 Å². The van der Waals surface area contributed by atoms with Gasteiger partial charge in [-0.05, 0) is 20.8 Å². The third kappa shape index (κ3) is 2.71. The molecular weight excluding hydrogens is 334 g/mol. The van der Waals surface area contributed by atoms with Crippen LogP contribution in [-0.4, -0.2) is 65.1 Å². The maximum absolute atomic E-state index is 12.8. The van der Waals surface area contributed by atoms with Gasteiger partial charge in [-0.15, -0.1) is 0 Å². The Morgan fingerprint density at radius 1 is 1.21 bits per heavy atom.